The molecule has 130 valence electrons. The minimum Gasteiger partial charge on any atom is -0.469 e. The number of hydrogen-bond acceptors (Lipinski definition) is 4. The number of guanidine groups is 1. The van der Waals surface area contributed by atoms with Crippen LogP contribution < -0.4 is 20.1 Å². The summed E-state index contributed by atoms with van der Waals surface area (Å²) in [5.74, 6) is 3.39. The highest BCUT2D eigenvalue weighted by atomic mass is 127. The second-order valence-electron chi connectivity index (χ2n) is 5.19. The van der Waals surface area contributed by atoms with Gasteiger partial charge in [0.15, 0.2) is 17.5 Å². The summed E-state index contributed by atoms with van der Waals surface area (Å²) in [7, 11) is 1.77. The maximum atomic E-state index is 5.39. The molecule has 0 spiro atoms. The van der Waals surface area contributed by atoms with Crippen LogP contribution in [0.3, 0.4) is 0 Å². The lowest BCUT2D eigenvalue weighted by Crippen LogP contribution is -2.39. The number of nitrogens with one attached hydrogen (secondary N) is 2. The third-order valence-corrected chi connectivity index (χ3v) is 3.61. The van der Waals surface area contributed by atoms with Crippen molar-refractivity contribution in [1.82, 2.24) is 10.6 Å². The molecule has 24 heavy (non-hydrogen) atoms. The van der Waals surface area contributed by atoms with Gasteiger partial charge in [-0.05, 0) is 36.2 Å². The van der Waals surface area contributed by atoms with Crippen molar-refractivity contribution in [3.8, 4) is 11.5 Å². The number of furan rings is 1. The second-order valence-corrected chi connectivity index (χ2v) is 5.19. The maximum Gasteiger partial charge on any atom is 0.231 e. The Kier molecular flexibility index (Phi) is 7.23. The Morgan fingerprint density at radius 2 is 1.88 bits per heavy atom. The molecule has 7 heteroatoms. The Morgan fingerprint density at radius 1 is 1.08 bits per heavy atom. The molecule has 0 saturated heterocycles. The molecule has 0 saturated carbocycles. The molecule has 0 bridgehead atoms. The van der Waals surface area contributed by atoms with Gasteiger partial charge in [0.1, 0.15) is 5.76 Å². The van der Waals surface area contributed by atoms with E-state index in [1.807, 2.05) is 24.3 Å². The highest BCUT2D eigenvalue weighted by Gasteiger charge is 2.12. The van der Waals surface area contributed by atoms with Gasteiger partial charge in [0.05, 0.1) is 6.26 Å². The van der Waals surface area contributed by atoms with Gasteiger partial charge in [0, 0.05) is 26.6 Å². The summed E-state index contributed by atoms with van der Waals surface area (Å²) < 4.78 is 16.0. The summed E-state index contributed by atoms with van der Waals surface area (Å²) >= 11 is 0. The van der Waals surface area contributed by atoms with Crippen molar-refractivity contribution >= 4 is 29.9 Å². The van der Waals surface area contributed by atoms with Gasteiger partial charge in [-0.2, -0.15) is 0 Å². The monoisotopic (exact) mass is 443 g/mol. The summed E-state index contributed by atoms with van der Waals surface area (Å²) in [6, 6.07) is 9.90. The first-order valence-electron chi connectivity index (χ1n) is 7.70. The maximum absolute atomic E-state index is 5.39. The van der Waals surface area contributed by atoms with Gasteiger partial charge in [-0.3, -0.25) is 4.99 Å². The Hall–Kier alpha value is -1.90. The van der Waals surface area contributed by atoms with E-state index in [1.54, 1.807) is 13.3 Å². The molecule has 0 fully saturated rings. The fourth-order valence-corrected chi connectivity index (χ4v) is 2.40. The fourth-order valence-electron chi connectivity index (χ4n) is 2.40. The van der Waals surface area contributed by atoms with Crippen molar-refractivity contribution in [2.24, 2.45) is 4.99 Å². The van der Waals surface area contributed by atoms with E-state index in [1.165, 1.54) is 5.56 Å². The summed E-state index contributed by atoms with van der Waals surface area (Å²) in [5.41, 5.74) is 1.20. The zero-order valence-corrected chi connectivity index (χ0v) is 15.9. The number of fused-ring (bicyclic) bond motifs is 1. The number of ether oxygens (including phenoxy) is 2. The molecule has 0 radical (unpaired) electrons. The van der Waals surface area contributed by atoms with Gasteiger partial charge in [-0.25, -0.2) is 0 Å². The molecule has 2 heterocycles. The van der Waals surface area contributed by atoms with Crippen LogP contribution in [0.25, 0.3) is 0 Å². The third-order valence-electron chi connectivity index (χ3n) is 3.61. The number of rotatable bonds is 6. The van der Waals surface area contributed by atoms with E-state index in [0.29, 0.717) is 6.79 Å². The average Bonchev–Trinajstić information content (AvgIpc) is 3.24. The van der Waals surface area contributed by atoms with Gasteiger partial charge in [0.2, 0.25) is 6.79 Å². The Balaban J connectivity index is 0.00000208. The summed E-state index contributed by atoms with van der Waals surface area (Å²) in [5, 5.41) is 6.57. The summed E-state index contributed by atoms with van der Waals surface area (Å²) in [4.78, 5) is 4.22. The zero-order chi connectivity index (χ0) is 15.9. The zero-order valence-electron chi connectivity index (χ0n) is 13.6. The van der Waals surface area contributed by atoms with E-state index in [0.717, 1.165) is 49.1 Å². The second kappa shape index (κ2) is 9.41. The molecule has 1 aliphatic rings. The van der Waals surface area contributed by atoms with E-state index in [2.05, 4.69) is 21.7 Å². The number of halogens is 1. The van der Waals surface area contributed by atoms with Crippen molar-refractivity contribution in [3.63, 3.8) is 0 Å². The molecule has 6 nitrogen and oxygen atoms in total. The van der Waals surface area contributed by atoms with Crippen LogP contribution in [-0.2, 0) is 12.8 Å². The Morgan fingerprint density at radius 3 is 2.62 bits per heavy atom. The Labute approximate surface area is 158 Å². The van der Waals surface area contributed by atoms with E-state index in [9.17, 15) is 0 Å². The van der Waals surface area contributed by atoms with Crippen LogP contribution in [0, 0.1) is 0 Å². The topological polar surface area (TPSA) is 68.0 Å². The van der Waals surface area contributed by atoms with Gasteiger partial charge in [-0.1, -0.05) is 6.07 Å². The average molecular weight is 443 g/mol. The van der Waals surface area contributed by atoms with Gasteiger partial charge in [0.25, 0.3) is 0 Å². The predicted octanol–water partition coefficient (Wildman–Crippen LogP) is 2.58. The molecule has 2 N–H and O–H groups in total. The number of hydrogen-bond donors (Lipinski definition) is 2. The minimum absolute atomic E-state index is 0. The normalized spacial score (nSPS) is 12.6. The predicted molar refractivity (Wildman–Crippen MR) is 103 cm³/mol. The van der Waals surface area contributed by atoms with Gasteiger partial charge >= 0.3 is 0 Å². The van der Waals surface area contributed by atoms with Crippen LogP contribution in [0.4, 0.5) is 0 Å². The highest BCUT2D eigenvalue weighted by molar-refractivity contribution is 14.0. The SMILES string of the molecule is CN=C(NCCc1ccc2c(c1)OCO2)NCCc1ccco1.I. The lowest BCUT2D eigenvalue weighted by Gasteiger charge is -2.11. The lowest BCUT2D eigenvalue weighted by molar-refractivity contribution is 0.174. The Bertz CT molecular complexity index is 659. The first-order valence-corrected chi connectivity index (χ1v) is 7.70. The van der Waals surface area contributed by atoms with Crippen LogP contribution in [0.15, 0.2) is 46.0 Å². The van der Waals surface area contributed by atoms with Gasteiger partial charge in [-0.15, -0.1) is 24.0 Å². The van der Waals surface area contributed by atoms with E-state index in [-0.39, 0.29) is 24.0 Å². The minimum atomic E-state index is 0. The molecular weight excluding hydrogens is 421 g/mol. The number of benzene rings is 1. The van der Waals surface area contributed by atoms with Crippen LogP contribution in [0.2, 0.25) is 0 Å². The number of aliphatic imine (C=N–C) groups is 1. The van der Waals surface area contributed by atoms with Crippen molar-refractivity contribution in [3.05, 3.63) is 47.9 Å². The molecule has 0 aliphatic carbocycles. The quantitative estimate of drug-likeness (QED) is 0.408. The molecule has 1 aliphatic heterocycles. The first-order chi connectivity index (χ1) is 11.3. The molecule has 3 rings (SSSR count). The molecular formula is C17H22IN3O3. The van der Waals surface area contributed by atoms with Crippen molar-refractivity contribution in [1.29, 1.82) is 0 Å². The smallest absolute Gasteiger partial charge is 0.231 e. The fraction of sp³-hybridized carbons (Fsp3) is 0.353. The molecule has 1 aromatic heterocycles. The van der Waals surface area contributed by atoms with E-state index in [4.69, 9.17) is 13.9 Å². The molecule has 1 aromatic carbocycles. The summed E-state index contributed by atoms with van der Waals surface area (Å²) in [6.07, 6.45) is 3.40. The van der Waals surface area contributed by atoms with E-state index < -0.39 is 0 Å². The van der Waals surface area contributed by atoms with Gasteiger partial charge < -0.3 is 24.5 Å². The third kappa shape index (κ3) is 5.05. The lowest BCUT2D eigenvalue weighted by atomic mass is 10.1. The van der Waals surface area contributed by atoms with Crippen molar-refractivity contribution in [2.75, 3.05) is 26.9 Å². The largest absolute Gasteiger partial charge is 0.469 e. The first kappa shape index (κ1) is 18.4. The number of nitrogens with zero attached hydrogens (tertiary/aromatic N) is 1. The van der Waals surface area contributed by atoms with Crippen LogP contribution in [-0.4, -0.2) is 32.9 Å². The summed E-state index contributed by atoms with van der Waals surface area (Å²) in [6.45, 7) is 1.88. The molecule has 2 aromatic rings. The van der Waals surface area contributed by atoms with Crippen LogP contribution >= 0.6 is 24.0 Å². The van der Waals surface area contributed by atoms with Crippen LogP contribution in [0.1, 0.15) is 11.3 Å². The molecule has 0 amide bonds. The molecule has 0 unspecified atom stereocenters. The van der Waals surface area contributed by atoms with E-state index >= 15 is 0 Å². The van der Waals surface area contributed by atoms with Crippen molar-refractivity contribution in [2.45, 2.75) is 12.8 Å². The molecule has 0 atom stereocenters. The van der Waals surface area contributed by atoms with Crippen LogP contribution in [0.5, 0.6) is 11.5 Å². The van der Waals surface area contributed by atoms with Crippen molar-refractivity contribution < 1.29 is 13.9 Å². The standard InChI is InChI=1S/C17H21N3O3.HI/c1-18-17(20-9-7-14-3-2-10-21-14)19-8-6-13-4-5-15-16(11-13)23-12-22-15;/h2-5,10-11H,6-9,12H2,1H3,(H2,18,19,20);1H. The highest BCUT2D eigenvalue weighted by Crippen LogP contribution is 2.32.